The predicted octanol–water partition coefficient (Wildman–Crippen LogP) is 2.04. The zero-order chi connectivity index (χ0) is 15.0. The van der Waals surface area contributed by atoms with Crippen molar-refractivity contribution in [1.82, 2.24) is 4.90 Å². The quantitative estimate of drug-likeness (QED) is 0.788. The van der Waals surface area contributed by atoms with Crippen LogP contribution < -0.4 is 4.74 Å². The molecule has 0 aromatic heterocycles. The third-order valence-corrected chi connectivity index (χ3v) is 4.17. The lowest BCUT2D eigenvalue weighted by Gasteiger charge is -2.43. The molecule has 21 heavy (non-hydrogen) atoms. The fourth-order valence-electron chi connectivity index (χ4n) is 2.95. The predicted molar refractivity (Wildman–Crippen MR) is 72.3 cm³/mol. The first kappa shape index (κ1) is 13.4. The number of ketones is 1. The summed E-state index contributed by atoms with van der Waals surface area (Å²) in [4.78, 5) is 24.6. The molecule has 108 valence electrons. The Bertz CT molecular complexity index is 654. The van der Waals surface area contributed by atoms with Crippen LogP contribution in [0.3, 0.4) is 0 Å². The molecule has 6 nitrogen and oxygen atoms in total. The van der Waals surface area contributed by atoms with E-state index in [9.17, 15) is 9.59 Å². The molecule has 2 heterocycles. The monoisotopic (exact) mass is 286 g/mol. The van der Waals surface area contributed by atoms with Crippen LogP contribution in [0.25, 0.3) is 0 Å². The number of nitriles is 1. The van der Waals surface area contributed by atoms with Crippen molar-refractivity contribution >= 4 is 11.9 Å². The van der Waals surface area contributed by atoms with Gasteiger partial charge in [-0.1, -0.05) is 0 Å². The number of benzene rings is 1. The maximum Gasteiger partial charge on any atom is 0.407 e. The molecule has 0 unspecified atom stereocenters. The molecule has 1 spiro atoms. The topological polar surface area (TPSA) is 90.6 Å². The van der Waals surface area contributed by atoms with Crippen LogP contribution in [0.4, 0.5) is 4.79 Å². The molecule has 1 N–H and O–H groups in total. The van der Waals surface area contributed by atoms with Gasteiger partial charge in [-0.3, -0.25) is 4.79 Å². The first-order chi connectivity index (χ1) is 10.0. The van der Waals surface area contributed by atoms with E-state index >= 15 is 0 Å². The Balaban J connectivity index is 1.86. The van der Waals surface area contributed by atoms with E-state index in [1.807, 2.05) is 6.07 Å². The van der Waals surface area contributed by atoms with Crippen molar-refractivity contribution in [2.75, 3.05) is 13.1 Å². The number of rotatable bonds is 0. The third-order valence-electron chi connectivity index (χ3n) is 4.17. The average molecular weight is 286 g/mol. The highest BCUT2D eigenvalue weighted by atomic mass is 16.5. The minimum absolute atomic E-state index is 0.00971. The molecule has 1 fully saturated rings. The summed E-state index contributed by atoms with van der Waals surface area (Å²) in [5.41, 5.74) is 0.311. The van der Waals surface area contributed by atoms with E-state index in [1.165, 1.54) is 4.90 Å². The zero-order valence-corrected chi connectivity index (χ0v) is 11.3. The van der Waals surface area contributed by atoms with Crippen LogP contribution in [0, 0.1) is 11.3 Å². The molecule has 0 atom stereocenters. The van der Waals surface area contributed by atoms with Gasteiger partial charge in [-0.2, -0.15) is 5.26 Å². The third kappa shape index (κ3) is 2.31. The molecule has 1 saturated heterocycles. The molecule has 6 heteroatoms. The highest BCUT2D eigenvalue weighted by molar-refractivity contribution is 6.00. The second-order valence-electron chi connectivity index (χ2n) is 5.48. The summed E-state index contributed by atoms with van der Waals surface area (Å²) in [5.74, 6) is 0.429. The SMILES string of the molecule is N#Cc1ccc2c(c1)OC1(CCN(C(=O)O)CC1)CC2=O. The maximum atomic E-state index is 12.3. The minimum atomic E-state index is -0.945. The van der Waals surface area contributed by atoms with Crippen LogP contribution in [-0.2, 0) is 0 Å². The summed E-state index contributed by atoms with van der Waals surface area (Å²) in [6.07, 6.45) is 0.293. The summed E-state index contributed by atoms with van der Waals surface area (Å²) in [6, 6.07) is 6.83. The van der Waals surface area contributed by atoms with Crippen LogP contribution in [-0.4, -0.2) is 40.6 Å². The van der Waals surface area contributed by atoms with Crippen LogP contribution in [0.15, 0.2) is 18.2 Å². The number of nitrogens with zero attached hydrogens (tertiary/aromatic N) is 2. The van der Waals surface area contributed by atoms with Crippen molar-refractivity contribution in [1.29, 1.82) is 5.26 Å². The number of amides is 1. The number of Topliss-reactive ketones (excluding diaryl/α,β-unsaturated/α-hetero) is 1. The van der Waals surface area contributed by atoms with Crippen LogP contribution in [0.2, 0.25) is 0 Å². The van der Waals surface area contributed by atoms with Gasteiger partial charge in [0.25, 0.3) is 0 Å². The number of piperidine rings is 1. The fraction of sp³-hybridized carbons (Fsp3) is 0.400. The maximum absolute atomic E-state index is 12.3. The second-order valence-corrected chi connectivity index (χ2v) is 5.48. The highest BCUT2D eigenvalue weighted by Gasteiger charge is 2.43. The summed E-state index contributed by atoms with van der Waals surface area (Å²) >= 11 is 0. The molecule has 2 aliphatic heterocycles. The van der Waals surface area contributed by atoms with Crippen molar-refractivity contribution in [3.8, 4) is 11.8 Å². The highest BCUT2D eigenvalue weighted by Crippen LogP contribution is 2.39. The van der Waals surface area contributed by atoms with E-state index in [0.29, 0.717) is 42.8 Å². The number of hydrogen-bond acceptors (Lipinski definition) is 4. The first-order valence-corrected chi connectivity index (χ1v) is 6.77. The van der Waals surface area contributed by atoms with Crippen LogP contribution in [0.1, 0.15) is 35.2 Å². The summed E-state index contributed by atoms with van der Waals surface area (Å²) in [6.45, 7) is 0.714. The summed E-state index contributed by atoms with van der Waals surface area (Å²) in [5, 5.41) is 17.9. The Kier molecular flexibility index (Phi) is 3.05. The molecule has 0 radical (unpaired) electrons. The molecule has 0 aliphatic carbocycles. The van der Waals surface area contributed by atoms with E-state index in [2.05, 4.69) is 0 Å². The van der Waals surface area contributed by atoms with E-state index in [1.54, 1.807) is 18.2 Å². The molecule has 0 saturated carbocycles. The molecule has 3 rings (SSSR count). The molecule has 1 amide bonds. The van der Waals surface area contributed by atoms with Crippen molar-refractivity contribution in [3.05, 3.63) is 29.3 Å². The Labute approximate surface area is 121 Å². The van der Waals surface area contributed by atoms with Gasteiger partial charge in [0.15, 0.2) is 5.78 Å². The summed E-state index contributed by atoms with van der Waals surface area (Å²) < 4.78 is 6.01. The smallest absolute Gasteiger partial charge is 0.407 e. The van der Waals surface area contributed by atoms with Gasteiger partial charge in [0.1, 0.15) is 11.4 Å². The average Bonchev–Trinajstić information content (AvgIpc) is 2.47. The van der Waals surface area contributed by atoms with Crippen molar-refractivity contribution in [2.24, 2.45) is 0 Å². The van der Waals surface area contributed by atoms with Crippen molar-refractivity contribution in [3.63, 3.8) is 0 Å². The standard InChI is InChI=1S/C15H14N2O4/c16-9-10-1-2-11-12(18)8-15(21-13(11)7-10)3-5-17(6-4-15)14(19)20/h1-2,7H,3-6,8H2,(H,19,20). The largest absolute Gasteiger partial charge is 0.486 e. The number of hydrogen-bond donors (Lipinski definition) is 1. The fourth-order valence-corrected chi connectivity index (χ4v) is 2.95. The Morgan fingerprint density at radius 1 is 1.38 bits per heavy atom. The van der Waals surface area contributed by atoms with Gasteiger partial charge in [0.05, 0.1) is 23.6 Å². The van der Waals surface area contributed by atoms with Crippen molar-refractivity contribution in [2.45, 2.75) is 24.9 Å². The number of ether oxygens (including phenoxy) is 1. The molecular formula is C15H14N2O4. The lowest BCUT2D eigenvalue weighted by Crippen LogP contribution is -2.52. The van der Waals surface area contributed by atoms with E-state index in [-0.39, 0.29) is 12.2 Å². The molecule has 2 aliphatic rings. The summed E-state index contributed by atoms with van der Waals surface area (Å²) in [7, 11) is 0. The second kappa shape index (κ2) is 4.77. The molecule has 0 bridgehead atoms. The van der Waals surface area contributed by atoms with Gasteiger partial charge in [0, 0.05) is 25.9 Å². The van der Waals surface area contributed by atoms with Gasteiger partial charge in [0.2, 0.25) is 0 Å². The minimum Gasteiger partial charge on any atom is -0.486 e. The number of carbonyl (C=O) groups excluding carboxylic acids is 1. The first-order valence-electron chi connectivity index (χ1n) is 6.77. The van der Waals surface area contributed by atoms with Crippen LogP contribution >= 0.6 is 0 Å². The van der Waals surface area contributed by atoms with Crippen molar-refractivity contribution < 1.29 is 19.4 Å². The number of likely N-dealkylation sites (tertiary alicyclic amines) is 1. The Hall–Kier alpha value is -2.55. The lowest BCUT2D eigenvalue weighted by atomic mass is 9.82. The number of carboxylic acid groups (broad SMARTS) is 1. The normalized spacial score (nSPS) is 19.6. The Morgan fingerprint density at radius 3 is 2.71 bits per heavy atom. The lowest BCUT2D eigenvalue weighted by molar-refractivity contribution is -0.00520. The van der Waals surface area contributed by atoms with Gasteiger partial charge < -0.3 is 14.7 Å². The van der Waals surface area contributed by atoms with E-state index in [4.69, 9.17) is 15.1 Å². The zero-order valence-electron chi connectivity index (χ0n) is 11.3. The van der Waals surface area contributed by atoms with Gasteiger partial charge in [-0.05, 0) is 18.2 Å². The van der Waals surface area contributed by atoms with Gasteiger partial charge in [-0.25, -0.2) is 4.79 Å². The van der Waals surface area contributed by atoms with E-state index < -0.39 is 11.7 Å². The number of carbonyl (C=O) groups is 2. The number of fused-ring (bicyclic) bond motifs is 1. The van der Waals surface area contributed by atoms with Gasteiger partial charge >= 0.3 is 6.09 Å². The van der Waals surface area contributed by atoms with E-state index in [0.717, 1.165) is 0 Å². The van der Waals surface area contributed by atoms with Gasteiger partial charge in [-0.15, -0.1) is 0 Å². The molecule has 1 aromatic rings. The molecule has 1 aromatic carbocycles. The Morgan fingerprint density at radius 2 is 2.10 bits per heavy atom. The molecular weight excluding hydrogens is 272 g/mol. The van der Waals surface area contributed by atoms with Crippen LogP contribution in [0.5, 0.6) is 5.75 Å².